The van der Waals surface area contributed by atoms with E-state index in [-0.39, 0.29) is 16.3 Å². The lowest BCUT2D eigenvalue weighted by Crippen LogP contribution is -2.12. The summed E-state index contributed by atoms with van der Waals surface area (Å²) in [6.07, 6.45) is 0. The number of carboxylic acids is 1. The molecule has 1 aromatic carbocycles. The second-order valence-electron chi connectivity index (χ2n) is 3.18. The number of halogens is 1. The van der Waals surface area contributed by atoms with Gasteiger partial charge in [0.1, 0.15) is 16.4 Å². The summed E-state index contributed by atoms with van der Waals surface area (Å²) in [5, 5.41) is 8.79. The number of aromatic nitrogens is 1. The number of nitrogens with zero attached hydrogens (tertiary/aromatic N) is 1. The van der Waals surface area contributed by atoms with Gasteiger partial charge in [0.15, 0.2) is 5.69 Å². The van der Waals surface area contributed by atoms with E-state index in [1.807, 2.05) is 0 Å². The maximum absolute atomic E-state index is 12.6. The predicted octanol–water partition coefficient (Wildman–Crippen LogP) is 2.20. The molecule has 1 aromatic heterocycles. The van der Waals surface area contributed by atoms with Crippen LogP contribution in [0.5, 0.6) is 5.75 Å². The number of hydrogen-bond acceptors (Lipinski definition) is 5. The van der Waals surface area contributed by atoms with Gasteiger partial charge in [-0.2, -0.15) is 0 Å². The van der Waals surface area contributed by atoms with Gasteiger partial charge in [0, 0.05) is 0 Å². The molecule has 0 bridgehead atoms. The summed E-state index contributed by atoms with van der Waals surface area (Å²) in [5.74, 6) is -2.46. The summed E-state index contributed by atoms with van der Waals surface area (Å²) in [5.41, 5.74) is 0.886. The molecule has 0 unspecified atom stereocenters. The zero-order valence-corrected chi connectivity index (χ0v) is 9.61. The Morgan fingerprint density at radius 2 is 1.94 bits per heavy atom. The van der Waals surface area contributed by atoms with Crippen molar-refractivity contribution in [2.75, 3.05) is 0 Å². The molecule has 0 fully saturated rings. The minimum Gasteiger partial charge on any atom is -0.476 e. The van der Waals surface area contributed by atoms with Crippen LogP contribution in [0.4, 0.5) is 4.39 Å². The van der Waals surface area contributed by atoms with Gasteiger partial charge in [-0.25, -0.2) is 19.0 Å². The smallest absolute Gasteiger partial charge is 0.356 e. The van der Waals surface area contributed by atoms with Gasteiger partial charge in [-0.1, -0.05) is 0 Å². The van der Waals surface area contributed by atoms with E-state index in [0.29, 0.717) is 0 Å². The van der Waals surface area contributed by atoms with E-state index in [4.69, 9.17) is 9.84 Å². The largest absolute Gasteiger partial charge is 0.476 e. The van der Waals surface area contributed by atoms with Crippen molar-refractivity contribution in [3.63, 3.8) is 0 Å². The second-order valence-corrected chi connectivity index (χ2v) is 4.03. The van der Waals surface area contributed by atoms with E-state index >= 15 is 0 Å². The number of ether oxygens (including phenoxy) is 1. The van der Waals surface area contributed by atoms with Gasteiger partial charge in [0.25, 0.3) is 0 Å². The van der Waals surface area contributed by atoms with Crippen LogP contribution in [0.2, 0.25) is 0 Å². The van der Waals surface area contributed by atoms with Crippen molar-refractivity contribution in [3.8, 4) is 5.75 Å². The van der Waals surface area contributed by atoms with Crippen LogP contribution in [-0.2, 0) is 0 Å². The highest BCUT2D eigenvalue weighted by atomic mass is 32.1. The van der Waals surface area contributed by atoms with E-state index in [1.54, 1.807) is 0 Å². The Morgan fingerprint density at radius 1 is 1.28 bits per heavy atom. The number of carbonyl (C=O) groups is 2. The van der Waals surface area contributed by atoms with Crippen LogP contribution in [0.15, 0.2) is 29.8 Å². The van der Waals surface area contributed by atoms with Crippen molar-refractivity contribution in [1.82, 2.24) is 4.98 Å². The fourth-order valence-corrected chi connectivity index (χ4v) is 1.85. The minimum atomic E-state index is -1.30. The summed E-state index contributed by atoms with van der Waals surface area (Å²) in [6, 6.07) is 4.81. The van der Waals surface area contributed by atoms with Crippen molar-refractivity contribution >= 4 is 23.3 Å². The SMILES string of the molecule is O=C(O)c1ncsc1C(=O)Oc1ccc(F)cc1. The second kappa shape index (κ2) is 4.92. The average Bonchev–Trinajstić information content (AvgIpc) is 2.81. The van der Waals surface area contributed by atoms with Crippen LogP contribution in [0.25, 0.3) is 0 Å². The molecule has 5 nitrogen and oxygen atoms in total. The Bertz CT molecular complexity index is 593. The van der Waals surface area contributed by atoms with E-state index in [9.17, 15) is 14.0 Å². The first-order valence-electron chi connectivity index (χ1n) is 4.72. The molecule has 0 aliphatic rings. The Kier molecular flexibility index (Phi) is 3.33. The molecule has 92 valence electrons. The Balaban J connectivity index is 2.19. The zero-order chi connectivity index (χ0) is 13.1. The van der Waals surface area contributed by atoms with Gasteiger partial charge >= 0.3 is 11.9 Å². The monoisotopic (exact) mass is 267 g/mol. The fraction of sp³-hybridized carbons (Fsp3) is 0. The maximum Gasteiger partial charge on any atom is 0.356 e. The highest BCUT2D eigenvalue weighted by Crippen LogP contribution is 2.18. The lowest BCUT2D eigenvalue weighted by molar-refractivity contribution is 0.0665. The van der Waals surface area contributed by atoms with Crippen molar-refractivity contribution in [3.05, 3.63) is 46.2 Å². The molecule has 0 aliphatic heterocycles. The third kappa shape index (κ3) is 2.51. The van der Waals surface area contributed by atoms with Crippen molar-refractivity contribution in [2.24, 2.45) is 0 Å². The fourth-order valence-electron chi connectivity index (χ4n) is 1.20. The maximum atomic E-state index is 12.6. The van der Waals surface area contributed by atoms with Gasteiger partial charge in [0.05, 0.1) is 5.51 Å². The molecular weight excluding hydrogens is 261 g/mol. The van der Waals surface area contributed by atoms with Crippen LogP contribution in [0.3, 0.4) is 0 Å². The topological polar surface area (TPSA) is 76.5 Å². The third-order valence-corrected chi connectivity index (χ3v) is 2.79. The van der Waals surface area contributed by atoms with E-state index in [0.717, 1.165) is 23.5 Å². The van der Waals surface area contributed by atoms with Crippen molar-refractivity contribution in [2.45, 2.75) is 0 Å². The summed E-state index contributed by atoms with van der Waals surface area (Å²) < 4.78 is 17.5. The molecule has 0 saturated carbocycles. The Morgan fingerprint density at radius 3 is 2.56 bits per heavy atom. The van der Waals surface area contributed by atoms with Crippen LogP contribution in [0, 0.1) is 5.82 Å². The third-order valence-electron chi connectivity index (χ3n) is 1.98. The molecule has 2 aromatic rings. The number of rotatable bonds is 3. The number of esters is 1. The number of carbonyl (C=O) groups excluding carboxylic acids is 1. The van der Waals surface area contributed by atoms with Crippen LogP contribution < -0.4 is 4.74 Å². The van der Waals surface area contributed by atoms with Gasteiger partial charge in [-0.3, -0.25) is 0 Å². The molecule has 1 N–H and O–H groups in total. The molecule has 7 heteroatoms. The molecule has 2 rings (SSSR count). The van der Waals surface area contributed by atoms with Crippen LogP contribution in [-0.4, -0.2) is 22.0 Å². The summed E-state index contributed by atoms with van der Waals surface area (Å²) in [4.78, 5) is 25.9. The normalized spacial score (nSPS) is 10.1. The molecule has 0 saturated heterocycles. The minimum absolute atomic E-state index is 0.105. The highest BCUT2D eigenvalue weighted by molar-refractivity contribution is 7.12. The van der Waals surface area contributed by atoms with E-state index < -0.39 is 17.8 Å². The lowest BCUT2D eigenvalue weighted by atomic mass is 10.3. The molecule has 0 atom stereocenters. The van der Waals surface area contributed by atoms with E-state index in [1.165, 1.54) is 17.6 Å². The summed E-state index contributed by atoms with van der Waals surface area (Å²) in [6.45, 7) is 0. The number of thiazole rings is 1. The van der Waals surface area contributed by atoms with Gasteiger partial charge in [-0.05, 0) is 24.3 Å². The van der Waals surface area contributed by atoms with Gasteiger partial charge in [0.2, 0.25) is 0 Å². The molecule has 1 heterocycles. The summed E-state index contributed by atoms with van der Waals surface area (Å²) >= 11 is 0.868. The van der Waals surface area contributed by atoms with Crippen LogP contribution in [0.1, 0.15) is 20.2 Å². The van der Waals surface area contributed by atoms with Crippen molar-refractivity contribution in [1.29, 1.82) is 0 Å². The Hall–Kier alpha value is -2.28. The first-order valence-corrected chi connectivity index (χ1v) is 5.60. The average molecular weight is 267 g/mol. The van der Waals surface area contributed by atoms with Gasteiger partial charge < -0.3 is 9.84 Å². The standard InChI is InChI=1S/C11H6FNO4S/c12-6-1-3-7(4-2-6)17-11(16)9-8(10(14)15)13-5-18-9/h1-5H,(H,14,15). The number of carboxylic acid groups (broad SMARTS) is 1. The Labute approximate surface area is 104 Å². The van der Waals surface area contributed by atoms with Gasteiger partial charge in [-0.15, -0.1) is 11.3 Å². The van der Waals surface area contributed by atoms with Crippen molar-refractivity contribution < 1.29 is 23.8 Å². The molecular formula is C11H6FNO4S. The van der Waals surface area contributed by atoms with E-state index in [2.05, 4.69) is 4.98 Å². The number of hydrogen-bond donors (Lipinski definition) is 1. The van der Waals surface area contributed by atoms with Crippen LogP contribution >= 0.6 is 11.3 Å². The number of aromatic carboxylic acids is 1. The number of benzene rings is 1. The predicted molar refractivity (Wildman–Crippen MR) is 60.4 cm³/mol. The highest BCUT2D eigenvalue weighted by Gasteiger charge is 2.21. The summed E-state index contributed by atoms with van der Waals surface area (Å²) in [7, 11) is 0. The molecule has 18 heavy (non-hydrogen) atoms. The first-order chi connectivity index (χ1) is 8.58. The first kappa shape index (κ1) is 12.2. The quantitative estimate of drug-likeness (QED) is 0.681. The molecule has 0 radical (unpaired) electrons. The molecule has 0 aliphatic carbocycles. The zero-order valence-electron chi connectivity index (χ0n) is 8.79. The molecule has 0 spiro atoms. The molecule has 0 amide bonds. The lowest BCUT2D eigenvalue weighted by Gasteiger charge is -2.02.